The Balaban J connectivity index is 1.94. The Bertz CT molecular complexity index is 765. The van der Waals surface area contributed by atoms with Crippen molar-refractivity contribution in [2.24, 2.45) is 7.05 Å². The van der Waals surface area contributed by atoms with Gasteiger partial charge >= 0.3 is 0 Å². The fourth-order valence-corrected chi connectivity index (χ4v) is 3.48. The van der Waals surface area contributed by atoms with Crippen LogP contribution in [0.3, 0.4) is 0 Å². The molecule has 1 aliphatic heterocycles. The summed E-state index contributed by atoms with van der Waals surface area (Å²) in [6.45, 7) is 2.67. The zero-order valence-electron chi connectivity index (χ0n) is 11.3. The number of sulfonamides is 1. The fraction of sp³-hybridized carbons (Fsp3) is 0.308. The first kappa shape index (κ1) is 13.0. The van der Waals surface area contributed by atoms with Gasteiger partial charge in [-0.25, -0.2) is 8.42 Å². The second-order valence-electron chi connectivity index (χ2n) is 4.90. The van der Waals surface area contributed by atoms with Gasteiger partial charge in [-0.05, 0) is 37.1 Å². The Morgan fingerprint density at radius 2 is 2.15 bits per heavy atom. The molecule has 0 saturated heterocycles. The lowest BCUT2D eigenvalue weighted by Crippen LogP contribution is -2.15. The normalized spacial score (nSPS) is 13.9. The third-order valence-corrected chi connectivity index (χ3v) is 4.69. The van der Waals surface area contributed by atoms with Gasteiger partial charge in [0.15, 0.2) is 0 Å². The topological polar surface area (TPSA) is 76.0 Å². The molecule has 0 bridgehead atoms. The average molecular weight is 292 g/mol. The molecule has 106 valence electrons. The highest BCUT2D eigenvalue weighted by atomic mass is 32.2. The third-order valence-electron chi connectivity index (χ3n) is 3.34. The number of fused-ring (bicyclic) bond motifs is 1. The number of hydrogen-bond acceptors (Lipinski definition) is 4. The van der Waals surface area contributed by atoms with Crippen LogP contribution >= 0.6 is 0 Å². The quantitative estimate of drug-likeness (QED) is 0.899. The van der Waals surface area contributed by atoms with Crippen molar-refractivity contribution in [1.29, 1.82) is 0 Å². The smallest absolute Gasteiger partial charge is 0.263 e. The molecule has 1 aromatic carbocycles. The van der Waals surface area contributed by atoms with Gasteiger partial charge in [0, 0.05) is 25.3 Å². The Labute approximate surface area is 117 Å². The maximum atomic E-state index is 12.4. The lowest BCUT2D eigenvalue weighted by molar-refractivity contribution is 0.600. The Kier molecular flexibility index (Phi) is 2.93. The van der Waals surface area contributed by atoms with Crippen LogP contribution in [0.5, 0.6) is 0 Å². The number of hydrogen-bond donors (Lipinski definition) is 2. The molecule has 0 amide bonds. The number of aromatic nitrogens is 2. The largest absolute Gasteiger partial charge is 0.384 e. The molecule has 2 N–H and O–H groups in total. The number of nitrogens with one attached hydrogen (secondary N) is 2. The van der Waals surface area contributed by atoms with Crippen molar-refractivity contribution in [2.45, 2.75) is 18.2 Å². The first-order valence-electron chi connectivity index (χ1n) is 6.36. The number of rotatable bonds is 3. The van der Waals surface area contributed by atoms with E-state index in [1.807, 2.05) is 13.0 Å². The van der Waals surface area contributed by atoms with Gasteiger partial charge in [-0.2, -0.15) is 5.10 Å². The number of anilines is 2. The van der Waals surface area contributed by atoms with Crippen LogP contribution in [0.1, 0.15) is 11.3 Å². The van der Waals surface area contributed by atoms with Crippen molar-refractivity contribution in [3.05, 3.63) is 35.5 Å². The summed E-state index contributed by atoms with van der Waals surface area (Å²) in [4.78, 5) is 0.277. The molecule has 2 heterocycles. The van der Waals surface area contributed by atoms with Crippen molar-refractivity contribution in [1.82, 2.24) is 9.78 Å². The van der Waals surface area contributed by atoms with Crippen LogP contribution in [0.2, 0.25) is 0 Å². The van der Waals surface area contributed by atoms with Crippen LogP contribution in [0.15, 0.2) is 29.2 Å². The van der Waals surface area contributed by atoms with Gasteiger partial charge in [-0.15, -0.1) is 0 Å². The van der Waals surface area contributed by atoms with Crippen molar-refractivity contribution in [3.8, 4) is 0 Å². The van der Waals surface area contributed by atoms with Crippen molar-refractivity contribution in [3.63, 3.8) is 0 Å². The highest BCUT2D eigenvalue weighted by Gasteiger charge is 2.19. The van der Waals surface area contributed by atoms with Crippen LogP contribution in [-0.2, 0) is 23.5 Å². The maximum Gasteiger partial charge on any atom is 0.263 e. The molecular formula is C13H16N4O2S. The zero-order chi connectivity index (χ0) is 14.3. The van der Waals surface area contributed by atoms with E-state index in [4.69, 9.17) is 0 Å². The molecule has 0 radical (unpaired) electrons. The number of benzene rings is 1. The van der Waals surface area contributed by atoms with Crippen LogP contribution in [-0.4, -0.2) is 24.7 Å². The highest BCUT2D eigenvalue weighted by molar-refractivity contribution is 7.92. The van der Waals surface area contributed by atoms with E-state index in [1.165, 1.54) is 4.68 Å². The first-order valence-corrected chi connectivity index (χ1v) is 7.84. The summed E-state index contributed by atoms with van der Waals surface area (Å²) >= 11 is 0. The molecule has 0 unspecified atom stereocenters. The molecule has 3 rings (SSSR count). The molecule has 7 heteroatoms. The number of aryl methyl sites for hydroxylation is 2. The summed E-state index contributed by atoms with van der Waals surface area (Å²) in [5, 5.41) is 7.34. The molecule has 0 saturated carbocycles. The maximum absolute atomic E-state index is 12.4. The van der Waals surface area contributed by atoms with E-state index >= 15 is 0 Å². The lowest BCUT2D eigenvalue weighted by atomic mass is 10.2. The second kappa shape index (κ2) is 4.52. The molecular weight excluding hydrogens is 276 g/mol. The molecule has 1 aromatic heterocycles. The highest BCUT2D eigenvalue weighted by Crippen LogP contribution is 2.26. The Morgan fingerprint density at radius 1 is 1.35 bits per heavy atom. The second-order valence-corrected chi connectivity index (χ2v) is 6.58. The van der Waals surface area contributed by atoms with Gasteiger partial charge in [0.05, 0.1) is 10.6 Å². The zero-order valence-corrected chi connectivity index (χ0v) is 12.2. The summed E-state index contributed by atoms with van der Waals surface area (Å²) in [6.07, 6.45) is 0.851. The summed E-state index contributed by atoms with van der Waals surface area (Å²) < 4.78 is 28.9. The van der Waals surface area contributed by atoms with Crippen LogP contribution in [0.25, 0.3) is 0 Å². The van der Waals surface area contributed by atoms with Crippen molar-refractivity contribution in [2.75, 3.05) is 16.6 Å². The van der Waals surface area contributed by atoms with E-state index in [0.717, 1.165) is 29.9 Å². The van der Waals surface area contributed by atoms with Crippen molar-refractivity contribution >= 4 is 21.5 Å². The molecule has 20 heavy (non-hydrogen) atoms. The minimum absolute atomic E-state index is 0.277. The van der Waals surface area contributed by atoms with Crippen molar-refractivity contribution < 1.29 is 8.42 Å². The molecule has 0 spiro atoms. The van der Waals surface area contributed by atoms with Gasteiger partial charge in [0.25, 0.3) is 10.0 Å². The summed E-state index contributed by atoms with van der Waals surface area (Å²) in [6, 6.07) is 6.85. The first-order chi connectivity index (χ1) is 9.45. The molecule has 2 aromatic rings. The number of nitrogens with zero attached hydrogens (tertiary/aromatic N) is 2. The van der Waals surface area contributed by atoms with Gasteiger partial charge in [0.2, 0.25) is 0 Å². The van der Waals surface area contributed by atoms with E-state index in [1.54, 1.807) is 25.2 Å². The lowest BCUT2D eigenvalue weighted by Gasteiger charge is -2.09. The average Bonchev–Trinajstić information content (AvgIpc) is 2.95. The van der Waals surface area contributed by atoms with Gasteiger partial charge in [-0.1, -0.05) is 0 Å². The minimum Gasteiger partial charge on any atom is -0.384 e. The van der Waals surface area contributed by atoms with Crippen LogP contribution < -0.4 is 10.0 Å². The van der Waals surface area contributed by atoms with Gasteiger partial charge in [-0.3, -0.25) is 9.40 Å². The van der Waals surface area contributed by atoms with E-state index in [-0.39, 0.29) is 4.90 Å². The van der Waals surface area contributed by atoms with E-state index < -0.39 is 10.0 Å². The molecule has 1 aliphatic rings. The van der Waals surface area contributed by atoms with E-state index in [0.29, 0.717) is 5.82 Å². The van der Waals surface area contributed by atoms with Gasteiger partial charge < -0.3 is 5.32 Å². The Hall–Kier alpha value is -2.02. The molecule has 0 aliphatic carbocycles. The third kappa shape index (κ3) is 2.24. The minimum atomic E-state index is -3.58. The van der Waals surface area contributed by atoms with E-state index in [2.05, 4.69) is 15.1 Å². The monoisotopic (exact) mass is 292 g/mol. The predicted octanol–water partition coefficient (Wildman–Crippen LogP) is 1.50. The predicted molar refractivity (Wildman–Crippen MR) is 77.4 cm³/mol. The molecule has 0 fully saturated rings. The van der Waals surface area contributed by atoms with Gasteiger partial charge in [0.1, 0.15) is 5.82 Å². The summed E-state index contributed by atoms with van der Waals surface area (Å²) in [5.41, 5.74) is 2.82. The molecule has 0 atom stereocenters. The van der Waals surface area contributed by atoms with E-state index in [9.17, 15) is 8.42 Å². The SMILES string of the molecule is Cc1cc(NS(=O)(=O)c2ccc3c(c2)CCN3)n(C)n1. The standard InChI is InChI=1S/C13H16N4O2S/c1-9-7-13(17(2)15-9)16-20(18,19)11-3-4-12-10(8-11)5-6-14-12/h3-4,7-8,14,16H,5-6H2,1-2H3. The Morgan fingerprint density at radius 3 is 2.85 bits per heavy atom. The molecule has 6 nitrogen and oxygen atoms in total. The van der Waals surface area contributed by atoms with Crippen LogP contribution in [0.4, 0.5) is 11.5 Å². The summed E-state index contributed by atoms with van der Waals surface area (Å²) in [5.74, 6) is 0.459. The summed E-state index contributed by atoms with van der Waals surface area (Å²) in [7, 11) is -1.88. The van der Waals surface area contributed by atoms with Crippen LogP contribution in [0, 0.1) is 6.92 Å². The fourth-order valence-electron chi connectivity index (χ4n) is 2.35.